The molecule has 1 aliphatic rings. The number of carboxylic acid groups (broad SMARTS) is 1. The standard InChI is InChI=1S/C16H16ClNOS.CH2O2/c17-14-3-1-11(5-6-18)16(8-14)19-15-4-2-12-9-20-10-13(12)7-15;2-1-3/h1-4,7-8H,5-6,9-10,18H2;1H,(H,2,3). The van der Waals surface area contributed by atoms with Crippen LogP contribution < -0.4 is 10.5 Å². The Morgan fingerprint density at radius 1 is 1.22 bits per heavy atom. The quantitative estimate of drug-likeness (QED) is 0.812. The van der Waals surface area contributed by atoms with Gasteiger partial charge in [-0.2, -0.15) is 11.8 Å². The summed E-state index contributed by atoms with van der Waals surface area (Å²) in [6, 6.07) is 12.0. The minimum absolute atomic E-state index is 0.250. The fourth-order valence-corrected chi connectivity index (χ4v) is 3.58. The fraction of sp³-hybridized carbons (Fsp3) is 0.235. The van der Waals surface area contributed by atoms with Crippen LogP contribution in [0.25, 0.3) is 0 Å². The maximum absolute atomic E-state index is 8.36. The van der Waals surface area contributed by atoms with Crippen molar-refractivity contribution in [1.29, 1.82) is 0 Å². The highest BCUT2D eigenvalue weighted by atomic mass is 35.5. The van der Waals surface area contributed by atoms with Crippen LogP contribution in [0.5, 0.6) is 11.5 Å². The molecule has 1 aliphatic heterocycles. The molecule has 4 nitrogen and oxygen atoms in total. The second-order valence-electron chi connectivity index (χ2n) is 4.92. The number of benzene rings is 2. The van der Waals surface area contributed by atoms with Gasteiger partial charge in [-0.1, -0.05) is 23.7 Å². The highest BCUT2D eigenvalue weighted by Crippen LogP contribution is 2.35. The number of hydrogen-bond acceptors (Lipinski definition) is 4. The van der Waals surface area contributed by atoms with Crippen LogP contribution in [0.15, 0.2) is 36.4 Å². The van der Waals surface area contributed by atoms with Gasteiger partial charge in [0.25, 0.3) is 6.47 Å². The summed E-state index contributed by atoms with van der Waals surface area (Å²) in [6.45, 7) is 0.346. The van der Waals surface area contributed by atoms with E-state index in [1.165, 1.54) is 11.1 Å². The number of thioether (sulfide) groups is 1. The number of carbonyl (C=O) groups is 1. The molecule has 3 rings (SSSR count). The van der Waals surface area contributed by atoms with Gasteiger partial charge in [0.05, 0.1) is 0 Å². The van der Waals surface area contributed by atoms with E-state index in [-0.39, 0.29) is 6.47 Å². The zero-order valence-corrected chi connectivity index (χ0v) is 14.1. The lowest BCUT2D eigenvalue weighted by molar-refractivity contribution is -0.122. The molecule has 0 aromatic heterocycles. The first-order valence-electron chi connectivity index (χ1n) is 7.11. The minimum Gasteiger partial charge on any atom is -0.483 e. The molecule has 2 aromatic carbocycles. The van der Waals surface area contributed by atoms with E-state index in [2.05, 4.69) is 12.1 Å². The Balaban J connectivity index is 0.000000595. The minimum atomic E-state index is -0.250. The Labute approximate surface area is 144 Å². The zero-order chi connectivity index (χ0) is 16.7. The molecule has 1 heterocycles. The van der Waals surface area contributed by atoms with Crippen molar-refractivity contribution in [2.24, 2.45) is 5.73 Å². The summed E-state index contributed by atoms with van der Waals surface area (Å²) in [6.07, 6.45) is 0.785. The van der Waals surface area contributed by atoms with Crippen LogP contribution in [0.2, 0.25) is 5.02 Å². The second-order valence-corrected chi connectivity index (χ2v) is 6.34. The molecule has 0 fully saturated rings. The third kappa shape index (κ3) is 4.89. The SMILES string of the molecule is NCCc1ccc(Cl)cc1Oc1ccc2c(c1)CSC2.O=CO. The maximum atomic E-state index is 8.36. The van der Waals surface area contributed by atoms with Crippen molar-refractivity contribution in [2.45, 2.75) is 17.9 Å². The molecular weight excluding hydrogens is 334 g/mol. The second kappa shape index (κ2) is 8.82. The average Bonchev–Trinajstić information content (AvgIpc) is 2.98. The number of ether oxygens (including phenoxy) is 1. The molecule has 23 heavy (non-hydrogen) atoms. The average molecular weight is 352 g/mol. The van der Waals surface area contributed by atoms with Crippen molar-refractivity contribution in [2.75, 3.05) is 6.54 Å². The van der Waals surface area contributed by atoms with Gasteiger partial charge < -0.3 is 15.6 Å². The summed E-state index contributed by atoms with van der Waals surface area (Å²) < 4.78 is 6.02. The van der Waals surface area contributed by atoms with Gasteiger partial charge >= 0.3 is 0 Å². The molecule has 0 saturated carbocycles. The van der Waals surface area contributed by atoms with Gasteiger partial charge in [-0.15, -0.1) is 0 Å². The molecule has 0 amide bonds. The molecule has 0 spiro atoms. The molecule has 0 saturated heterocycles. The van der Waals surface area contributed by atoms with Crippen LogP contribution in [0.1, 0.15) is 16.7 Å². The molecule has 2 aromatic rings. The number of fused-ring (bicyclic) bond motifs is 1. The van der Waals surface area contributed by atoms with Gasteiger partial charge in [0.15, 0.2) is 0 Å². The summed E-state index contributed by atoms with van der Waals surface area (Å²) >= 11 is 8.00. The third-order valence-electron chi connectivity index (χ3n) is 3.36. The fourth-order valence-electron chi connectivity index (χ4n) is 2.32. The van der Waals surface area contributed by atoms with Crippen molar-refractivity contribution < 1.29 is 14.6 Å². The van der Waals surface area contributed by atoms with E-state index in [9.17, 15) is 0 Å². The van der Waals surface area contributed by atoms with Crippen LogP contribution in [0.3, 0.4) is 0 Å². The largest absolute Gasteiger partial charge is 0.483 e. The van der Waals surface area contributed by atoms with Crippen LogP contribution in [0, 0.1) is 0 Å². The summed E-state index contributed by atoms with van der Waals surface area (Å²) in [5.74, 6) is 3.84. The van der Waals surface area contributed by atoms with Crippen LogP contribution in [-0.2, 0) is 22.7 Å². The number of rotatable bonds is 4. The van der Waals surface area contributed by atoms with Crippen molar-refractivity contribution >= 4 is 29.8 Å². The van der Waals surface area contributed by atoms with E-state index in [0.29, 0.717) is 11.6 Å². The highest BCUT2D eigenvalue weighted by Gasteiger charge is 2.13. The lowest BCUT2D eigenvalue weighted by atomic mass is 10.1. The molecule has 0 bridgehead atoms. The monoisotopic (exact) mass is 351 g/mol. The summed E-state index contributed by atoms with van der Waals surface area (Å²) in [7, 11) is 0. The molecule has 0 radical (unpaired) electrons. The molecule has 3 N–H and O–H groups in total. The Kier molecular flexibility index (Phi) is 6.77. The molecule has 0 aliphatic carbocycles. The van der Waals surface area contributed by atoms with Gasteiger partial charge in [0.2, 0.25) is 0 Å². The first-order chi connectivity index (χ1) is 11.2. The van der Waals surface area contributed by atoms with Gasteiger partial charge in [0, 0.05) is 16.5 Å². The first kappa shape index (κ1) is 17.7. The van der Waals surface area contributed by atoms with E-state index in [1.807, 2.05) is 36.0 Å². The number of hydrogen-bond donors (Lipinski definition) is 2. The lowest BCUT2D eigenvalue weighted by Crippen LogP contribution is -2.04. The van der Waals surface area contributed by atoms with Gasteiger partial charge in [-0.3, -0.25) is 4.79 Å². The smallest absolute Gasteiger partial charge is 0.290 e. The Bertz CT molecular complexity index is 679. The van der Waals surface area contributed by atoms with Crippen molar-refractivity contribution in [3.63, 3.8) is 0 Å². The van der Waals surface area contributed by atoms with Crippen LogP contribution in [0.4, 0.5) is 0 Å². The zero-order valence-electron chi connectivity index (χ0n) is 12.5. The summed E-state index contributed by atoms with van der Waals surface area (Å²) in [5.41, 5.74) is 9.52. The Hall–Kier alpha value is -1.69. The van der Waals surface area contributed by atoms with Crippen molar-refractivity contribution in [3.05, 3.63) is 58.1 Å². The van der Waals surface area contributed by atoms with Gasteiger partial charge in [-0.25, -0.2) is 0 Å². The molecule has 122 valence electrons. The predicted molar refractivity (Wildman–Crippen MR) is 94.4 cm³/mol. The van der Waals surface area contributed by atoms with E-state index >= 15 is 0 Å². The van der Waals surface area contributed by atoms with E-state index in [0.717, 1.165) is 35.0 Å². The third-order valence-corrected chi connectivity index (χ3v) is 4.63. The van der Waals surface area contributed by atoms with Crippen LogP contribution >= 0.6 is 23.4 Å². The number of halogens is 1. The Morgan fingerprint density at radius 3 is 2.70 bits per heavy atom. The van der Waals surface area contributed by atoms with Crippen molar-refractivity contribution in [1.82, 2.24) is 0 Å². The number of nitrogens with two attached hydrogens (primary N) is 1. The summed E-state index contributed by atoms with van der Waals surface area (Å²) in [4.78, 5) is 8.36. The van der Waals surface area contributed by atoms with Crippen LogP contribution in [-0.4, -0.2) is 18.1 Å². The van der Waals surface area contributed by atoms with Gasteiger partial charge in [-0.05, 0) is 53.9 Å². The first-order valence-corrected chi connectivity index (χ1v) is 8.65. The lowest BCUT2D eigenvalue weighted by Gasteiger charge is -2.12. The molecule has 6 heteroatoms. The highest BCUT2D eigenvalue weighted by molar-refractivity contribution is 7.98. The topological polar surface area (TPSA) is 72.5 Å². The molecule has 0 atom stereocenters. The normalized spacial score (nSPS) is 12.1. The summed E-state index contributed by atoms with van der Waals surface area (Å²) in [5, 5.41) is 7.57. The van der Waals surface area contributed by atoms with Gasteiger partial charge in [0.1, 0.15) is 11.5 Å². The maximum Gasteiger partial charge on any atom is 0.290 e. The predicted octanol–water partition coefficient (Wildman–Crippen LogP) is 4.08. The van der Waals surface area contributed by atoms with E-state index < -0.39 is 0 Å². The van der Waals surface area contributed by atoms with E-state index in [4.69, 9.17) is 32.0 Å². The molecular formula is C17H18ClNO3S. The van der Waals surface area contributed by atoms with Crippen molar-refractivity contribution in [3.8, 4) is 11.5 Å². The Morgan fingerprint density at radius 2 is 1.96 bits per heavy atom. The van der Waals surface area contributed by atoms with E-state index in [1.54, 1.807) is 0 Å². The molecule has 0 unspecified atom stereocenters.